The van der Waals surface area contributed by atoms with E-state index in [-0.39, 0.29) is 11.9 Å². The Bertz CT molecular complexity index is 821. The summed E-state index contributed by atoms with van der Waals surface area (Å²) in [5.41, 5.74) is 3.60. The minimum atomic E-state index is -0.0819. The van der Waals surface area contributed by atoms with Gasteiger partial charge in [0.15, 0.2) is 0 Å². The zero-order valence-electron chi connectivity index (χ0n) is 13.0. The summed E-state index contributed by atoms with van der Waals surface area (Å²) >= 11 is 0. The van der Waals surface area contributed by atoms with E-state index in [0.717, 1.165) is 22.4 Å². The molecule has 1 aromatic heterocycles. The number of aryl methyl sites for hydroxylation is 2. The van der Waals surface area contributed by atoms with E-state index in [1.54, 1.807) is 0 Å². The maximum absolute atomic E-state index is 12.4. The molecular formula is C18H19N3O. The fourth-order valence-corrected chi connectivity index (χ4v) is 2.57. The predicted molar refractivity (Wildman–Crippen MR) is 87.8 cm³/mol. The van der Waals surface area contributed by atoms with Crippen molar-refractivity contribution in [3.05, 3.63) is 65.5 Å². The number of rotatable bonds is 3. The average molecular weight is 293 g/mol. The Kier molecular flexibility index (Phi) is 3.67. The van der Waals surface area contributed by atoms with Gasteiger partial charge in [0.25, 0.3) is 5.91 Å². The van der Waals surface area contributed by atoms with Crippen LogP contribution in [0.2, 0.25) is 0 Å². The molecule has 112 valence electrons. The number of hydrogen-bond acceptors (Lipinski definition) is 2. The largest absolute Gasteiger partial charge is 0.346 e. The van der Waals surface area contributed by atoms with Crippen molar-refractivity contribution in [1.82, 2.24) is 14.9 Å². The van der Waals surface area contributed by atoms with Gasteiger partial charge < -0.3 is 9.88 Å². The molecule has 0 aliphatic carbocycles. The highest BCUT2D eigenvalue weighted by Crippen LogP contribution is 2.18. The molecule has 0 aliphatic heterocycles. The van der Waals surface area contributed by atoms with Crippen molar-refractivity contribution >= 4 is 16.9 Å². The van der Waals surface area contributed by atoms with Gasteiger partial charge in [-0.3, -0.25) is 4.79 Å². The van der Waals surface area contributed by atoms with Crippen molar-refractivity contribution in [1.29, 1.82) is 0 Å². The van der Waals surface area contributed by atoms with Crippen LogP contribution in [0.4, 0.5) is 0 Å². The van der Waals surface area contributed by atoms with E-state index in [2.05, 4.69) is 10.3 Å². The number of carbonyl (C=O) groups excluding carboxylic acids is 1. The second-order valence-electron chi connectivity index (χ2n) is 5.53. The van der Waals surface area contributed by atoms with Gasteiger partial charge in [-0.15, -0.1) is 0 Å². The van der Waals surface area contributed by atoms with Crippen LogP contribution in [0.15, 0.2) is 48.5 Å². The van der Waals surface area contributed by atoms with Gasteiger partial charge in [0.05, 0.1) is 17.1 Å². The van der Waals surface area contributed by atoms with Crippen molar-refractivity contribution < 1.29 is 4.79 Å². The lowest BCUT2D eigenvalue weighted by Gasteiger charge is -2.14. The topological polar surface area (TPSA) is 46.9 Å². The SMILES string of the molecule is Cc1nc2cc(C(=O)NC(C)c3ccccc3)ccc2n1C. The number of fused-ring (bicyclic) bond motifs is 1. The maximum Gasteiger partial charge on any atom is 0.251 e. The second-order valence-corrected chi connectivity index (χ2v) is 5.53. The molecule has 1 unspecified atom stereocenters. The molecule has 1 heterocycles. The summed E-state index contributed by atoms with van der Waals surface area (Å²) in [6, 6.07) is 15.5. The summed E-state index contributed by atoms with van der Waals surface area (Å²) < 4.78 is 2.02. The van der Waals surface area contributed by atoms with E-state index >= 15 is 0 Å². The third-order valence-electron chi connectivity index (χ3n) is 4.01. The summed E-state index contributed by atoms with van der Waals surface area (Å²) in [6.07, 6.45) is 0. The zero-order valence-corrected chi connectivity index (χ0v) is 13.0. The van der Waals surface area contributed by atoms with Crippen molar-refractivity contribution in [2.24, 2.45) is 7.05 Å². The van der Waals surface area contributed by atoms with Gasteiger partial charge >= 0.3 is 0 Å². The maximum atomic E-state index is 12.4. The average Bonchev–Trinajstić information content (AvgIpc) is 2.82. The highest BCUT2D eigenvalue weighted by molar-refractivity contribution is 5.97. The van der Waals surface area contributed by atoms with Crippen LogP contribution < -0.4 is 5.32 Å². The molecule has 2 aromatic carbocycles. The van der Waals surface area contributed by atoms with Gasteiger partial charge in [-0.05, 0) is 37.6 Å². The van der Waals surface area contributed by atoms with Crippen molar-refractivity contribution in [3.63, 3.8) is 0 Å². The molecular weight excluding hydrogens is 274 g/mol. The highest BCUT2D eigenvalue weighted by Gasteiger charge is 2.13. The molecule has 0 saturated heterocycles. The molecule has 0 spiro atoms. The second kappa shape index (κ2) is 5.64. The molecule has 1 atom stereocenters. The first kappa shape index (κ1) is 14.3. The zero-order chi connectivity index (χ0) is 15.7. The van der Waals surface area contributed by atoms with Crippen molar-refractivity contribution in [3.8, 4) is 0 Å². The van der Waals surface area contributed by atoms with E-state index < -0.39 is 0 Å². The van der Waals surface area contributed by atoms with E-state index in [9.17, 15) is 4.79 Å². The lowest BCUT2D eigenvalue weighted by atomic mass is 10.1. The van der Waals surface area contributed by atoms with Crippen LogP contribution in [-0.4, -0.2) is 15.5 Å². The monoisotopic (exact) mass is 293 g/mol. The molecule has 4 nitrogen and oxygen atoms in total. The van der Waals surface area contributed by atoms with Gasteiger partial charge in [-0.1, -0.05) is 30.3 Å². The molecule has 4 heteroatoms. The fourth-order valence-electron chi connectivity index (χ4n) is 2.57. The minimum Gasteiger partial charge on any atom is -0.346 e. The summed E-state index contributed by atoms with van der Waals surface area (Å²) in [4.78, 5) is 16.9. The Balaban J connectivity index is 1.83. The number of benzene rings is 2. The van der Waals surface area contributed by atoms with E-state index in [1.165, 1.54) is 0 Å². The third kappa shape index (κ3) is 2.60. The van der Waals surface area contributed by atoms with E-state index in [0.29, 0.717) is 5.56 Å². The molecule has 1 amide bonds. The number of aromatic nitrogens is 2. The quantitative estimate of drug-likeness (QED) is 0.804. The molecule has 0 saturated carbocycles. The molecule has 0 aliphatic rings. The summed E-state index contributed by atoms with van der Waals surface area (Å²) in [7, 11) is 1.97. The van der Waals surface area contributed by atoms with Crippen LogP contribution in [0.5, 0.6) is 0 Å². The normalized spacial score (nSPS) is 12.3. The number of imidazole rings is 1. The molecule has 3 aromatic rings. The van der Waals surface area contributed by atoms with Crippen LogP contribution in [0, 0.1) is 6.92 Å². The number of carbonyl (C=O) groups is 1. The molecule has 3 rings (SSSR count). The van der Waals surface area contributed by atoms with Crippen LogP contribution in [0.1, 0.15) is 34.7 Å². The Morgan fingerprint density at radius 2 is 1.91 bits per heavy atom. The predicted octanol–water partition coefficient (Wildman–Crippen LogP) is 3.37. The molecule has 22 heavy (non-hydrogen) atoms. The smallest absolute Gasteiger partial charge is 0.251 e. The standard InChI is InChI=1S/C18H19N3O/c1-12(14-7-5-4-6-8-14)19-18(22)15-9-10-17-16(11-15)20-13(2)21(17)3/h4-12H,1-3H3,(H,19,22). The Hall–Kier alpha value is -2.62. The van der Waals surface area contributed by atoms with Crippen LogP contribution in [-0.2, 0) is 7.05 Å². The molecule has 0 radical (unpaired) electrons. The van der Waals surface area contributed by atoms with Gasteiger partial charge in [0.2, 0.25) is 0 Å². The first-order chi connectivity index (χ1) is 10.6. The Morgan fingerprint density at radius 3 is 2.64 bits per heavy atom. The lowest BCUT2D eigenvalue weighted by Crippen LogP contribution is -2.26. The van der Waals surface area contributed by atoms with Gasteiger partial charge in [0, 0.05) is 12.6 Å². The number of hydrogen-bond donors (Lipinski definition) is 1. The molecule has 0 fully saturated rings. The number of nitrogens with zero attached hydrogens (tertiary/aromatic N) is 2. The van der Waals surface area contributed by atoms with Gasteiger partial charge in [-0.2, -0.15) is 0 Å². The van der Waals surface area contributed by atoms with Crippen LogP contribution >= 0.6 is 0 Å². The van der Waals surface area contributed by atoms with E-state index in [4.69, 9.17) is 0 Å². The van der Waals surface area contributed by atoms with E-state index in [1.807, 2.05) is 74.0 Å². The Labute approximate surface area is 129 Å². The third-order valence-corrected chi connectivity index (χ3v) is 4.01. The van der Waals surface area contributed by atoms with Gasteiger partial charge in [-0.25, -0.2) is 4.98 Å². The molecule has 0 bridgehead atoms. The molecule has 1 N–H and O–H groups in total. The van der Waals surface area contributed by atoms with Crippen molar-refractivity contribution in [2.45, 2.75) is 19.9 Å². The minimum absolute atomic E-state index is 0.0325. The first-order valence-corrected chi connectivity index (χ1v) is 7.35. The summed E-state index contributed by atoms with van der Waals surface area (Å²) in [5.74, 6) is 0.853. The van der Waals surface area contributed by atoms with Gasteiger partial charge in [0.1, 0.15) is 5.82 Å². The summed E-state index contributed by atoms with van der Waals surface area (Å²) in [6.45, 7) is 3.94. The number of nitrogens with one attached hydrogen (secondary N) is 1. The fraction of sp³-hybridized carbons (Fsp3) is 0.222. The van der Waals surface area contributed by atoms with Crippen molar-refractivity contribution in [2.75, 3.05) is 0 Å². The van der Waals surface area contributed by atoms with Crippen LogP contribution in [0.3, 0.4) is 0 Å². The first-order valence-electron chi connectivity index (χ1n) is 7.35. The van der Waals surface area contributed by atoms with Crippen LogP contribution in [0.25, 0.3) is 11.0 Å². The lowest BCUT2D eigenvalue weighted by molar-refractivity contribution is 0.0940. The highest BCUT2D eigenvalue weighted by atomic mass is 16.1. The number of amides is 1. The Morgan fingerprint density at radius 1 is 1.18 bits per heavy atom. The summed E-state index contributed by atoms with van der Waals surface area (Å²) in [5, 5.41) is 3.03.